The zero-order chi connectivity index (χ0) is 13.7. The molecular formula is C16H28N2. The van der Waals surface area contributed by atoms with Crippen LogP contribution in [0, 0.1) is 19.8 Å². The third-order valence-electron chi connectivity index (χ3n) is 3.33. The molecule has 0 amide bonds. The molecule has 0 aliphatic heterocycles. The quantitative estimate of drug-likeness (QED) is 0.832. The second-order valence-electron chi connectivity index (χ2n) is 5.82. The molecule has 0 radical (unpaired) electrons. The molecule has 18 heavy (non-hydrogen) atoms. The number of hydrogen-bond donors (Lipinski definition) is 1. The standard InChI is InChI=1S/C16H28N2/c1-12(2)10-18(6)11-16(17-5)15-9-13(3)7-8-14(15)4/h7-9,12,16-17H,10-11H2,1-6H3. The smallest absolute Gasteiger partial charge is 0.0449 e. The van der Waals surface area contributed by atoms with E-state index in [0.29, 0.717) is 12.0 Å². The molecule has 0 aliphatic carbocycles. The van der Waals surface area contributed by atoms with Crippen molar-refractivity contribution in [2.24, 2.45) is 5.92 Å². The highest BCUT2D eigenvalue weighted by Gasteiger charge is 2.14. The maximum Gasteiger partial charge on any atom is 0.0449 e. The molecule has 0 heterocycles. The summed E-state index contributed by atoms with van der Waals surface area (Å²) in [5.41, 5.74) is 4.13. The number of benzene rings is 1. The van der Waals surface area contributed by atoms with Gasteiger partial charge >= 0.3 is 0 Å². The summed E-state index contributed by atoms with van der Waals surface area (Å²) in [4.78, 5) is 2.41. The monoisotopic (exact) mass is 248 g/mol. The van der Waals surface area contributed by atoms with Gasteiger partial charge in [0, 0.05) is 19.1 Å². The molecule has 1 N–H and O–H groups in total. The highest BCUT2D eigenvalue weighted by molar-refractivity contribution is 5.33. The van der Waals surface area contributed by atoms with Crippen LogP contribution in [0.3, 0.4) is 0 Å². The molecule has 2 nitrogen and oxygen atoms in total. The molecule has 0 spiro atoms. The second kappa shape index (κ2) is 6.91. The van der Waals surface area contributed by atoms with E-state index < -0.39 is 0 Å². The van der Waals surface area contributed by atoms with Gasteiger partial charge in [0.1, 0.15) is 0 Å². The fourth-order valence-corrected chi connectivity index (χ4v) is 2.49. The van der Waals surface area contributed by atoms with Crippen LogP contribution in [0.5, 0.6) is 0 Å². The Morgan fingerprint density at radius 2 is 1.83 bits per heavy atom. The zero-order valence-electron chi connectivity index (χ0n) is 12.7. The minimum atomic E-state index is 0.411. The third kappa shape index (κ3) is 4.43. The van der Waals surface area contributed by atoms with Crippen molar-refractivity contribution in [1.29, 1.82) is 0 Å². The maximum absolute atomic E-state index is 3.45. The molecule has 2 heteroatoms. The van der Waals surface area contributed by atoms with E-state index in [2.05, 4.69) is 70.2 Å². The Hall–Kier alpha value is -0.860. The van der Waals surface area contributed by atoms with Gasteiger partial charge in [0.2, 0.25) is 0 Å². The Balaban J connectivity index is 2.79. The predicted octanol–water partition coefficient (Wildman–Crippen LogP) is 3.15. The Kier molecular flexibility index (Phi) is 5.83. The molecule has 0 fully saturated rings. The lowest BCUT2D eigenvalue weighted by molar-refractivity contribution is 0.266. The summed E-state index contributed by atoms with van der Waals surface area (Å²) in [6.07, 6.45) is 0. The molecule has 102 valence electrons. The Labute approximate surface area is 112 Å². The van der Waals surface area contributed by atoms with Crippen LogP contribution in [0.1, 0.15) is 36.6 Å². The van der Waals surface area contributed by atoms with E-state index in [-0.39, 0.29) is 0 Å². The van der Waals surface area contributed by atoms with Crippen LogP contribution in [0.15, 0.2) is 18.2 Å². The number of rotatable bonds is 6. The summed E-state index contributed by atoms with van der Waals surface area (Å²) in [6.45, 7) is 11.1. The number of likely N-dealkylation sites (N-methyl/N-ethyl adjacent to an activating group) is 2. The van der Waals surface area contributed by atoms with Crippen molar-refractivity contribution in [3.63, 3.8) is 0 Å². The van der Waals surface area contributed by atoms with E-state index in [9.17, 15) is 0 Å². The predicted molar refractivity (Wildman–Crippen MR) is 80.1 cm³/mol. The van der Waals surface area contributed by atoms with Crippen LogP contribution < -0.4 is 5.32 Å². The summed E-state index contributed by atoms with van der Waals surface area (Å²) in [6, 6.07) is 7.12. The van der Waals surface area contributed by atoms with Crippen LogP contribution in [-0.2, 0) is 0 Å². The van der Waals surface area contributed by atoms with E-state index in [0.717, 1.165) is 13.1 Å². The van der Waals surface area contributed by atoms with Gasteiger partial charge in [0.15, 0.2) is 0 Å². The highest BCUT2D eigenvalue weighted by Crippen LogP contribution is 2.20. The van der Waals surface area contributed by atoms with Gasteiger partial charge in [-0.05, 0) is 45.0 Å². The van der Waals surface area contributed by atoms with Crippen LogP contribution in [-0.4, -0.2) is 32.1 Å². The van der Waals surface area contributed by atoms with Gasteiger partial charge in [0.05, 0.1) is 0 Å². The Bertz CT molecular complexity index is 371. The summed E-state index contributed by atoms with van der Waals surface area (Å²) in [5, 5.41) is 3.45. The summed E-state index contributed by atoms with van der Waals surface area (Å²) < 4.78 is 0. The van der Waals surface area contributed by atoms with E-state index >= 15 is 0 Å². The number of hydrogen-bond acceptors (Lipinski definition) is 2. The molecule has 0 bridgehead atoms. The molecule has 0 aromatic heterocycles. The first kappa shape index (κ1) is 15.2. The van der Waals surface area contributed by atoms with Gasteiger partial charge in [0.25, 0.3) is 0 Å². The van der Waals surface area contributed by atoms with Gasteiger partial charge < -0.3 is 10.2 Å². The topological polar surface area (TPSA) is 15.3 Å². The van der Waals surface area contributed by atoms with Gasteiger partial charge in [-0.15, -0.1) is 0 Å². The molecule has 0 saturated heterocycles. The van der Waals surface area contributed by atoms with E-state index in [1.54, 1.807) is 0 Å². The normalized spacial score (nSPS) is 13.3. The van der Waals surface area contributed by atoms with Crippen LogP contribution in [0.2, 0.25) is 0 Å². The molecular weight excluding hydrogens is 220 g/mol. The van der Waals surface area contributed by atoms with Crippen molar-refractivity contribution in [3.8, 4) is 0 Å². The molecule has 1 rings (SSSR count). The Morgan fingerprint density at radius 3 is 2.39 bits per heavy atom. The van der Waals surface area contributed by atoms with Crippen molar-refractivity contribution in [3.05, 3.63) is 34.9 Å². The van der Waals surface area contributed by atoms with Crippen LogP contribution >= 0.6 is 0 Å². The van der Waals surface area contributed by atoms with Gasteiger partial charge in [-0.2, -0.15) is 0 Å². The highest BCUT2D eigenvalue weighted by atomic mass is 15.1. The minimum Gasteiger partial charge on any atom is -0.312 e. The van der Waals surface area contributed by atoms with Crippen LogP contribution in [0.25, 0.3) is 0 Å². The summed E-state index contributed by atoms with van der Waals surface area (Å²) in [7, 11) is 4.26. The van der Waals surface area contributed by atoms with Crippen LogP contribution in [0.4, 0.5) is 0 Å². The third-order valence-corrected chi connectivity index (χ3v) is 3.33. The molecule has 0 saturated carbocycles. The van der Waals surface area contributed by atoms with Crippen molar-refractivity contribution >= 4 is 0 Å². The van der Waals surface area contributed by atoms with E-state index in [1.807, 2.05) is 0 Å². The first-order valence-electron chi connectivity index (χ1n) is 6.87. The van der Waals surface area contributed by atoms with Crippen molar-refractivity contribution in [1.82, 2.24) is 10.2 Å². The summed E-state index contributed by atoms with van der Waals surface area (Å²) in [5.74, 6) is 0.714. The summed E-state index contributed by atoms with van der Waals surface area (Å²) >= 11 is 0. The lowest BCUT2D eigenvalue weighted by Gasteiger charge is -2.26. The maximum atomic E-state index is 3.45. The molecule has 1 aromatic carbocycles. The SMILES string of the molecule is CNC(CN(C)CC(C)C)c1cc(C)ccc1C. The average molecular weight is 248 g/mol. The minimum absolute atomic E-state index is 0.411. The molecule has 1 aromatic rings. The number of nitrogens with zero attached hydrogens (tertiary/aromatic N) is 1. The fraction of sp³-hybridized carbons (Fsp3) is 0.625. The van der Waals surface area contributed by atoms with E-state index in [4.69, 9.17) is 0 Å². The second-order valence-corrected chi connectivity index (χ2v) is 5.82. The zero-order valence-corrected chi connectivity index (χ0v) is 12.7. The van der Waals surface area contributed by atoms with Gasteiger partial charge in [-0.25, -0.2) is 0 Å². The van der Waals surface area contributed by atoms with Crippen molar-refractivity contribution < 1.29 is 0 Å². The Morgan fingerprint density at radius 1 is 1.17 bits per heavy atom. The first-order chi connectivity index (χ1) is 8.43. The van der Waals surface area contributed by atoms with Gasteiger partial charge in [-0.1, -0.05) is 37.6 Å². The molecule has 1 unspecified atom stereocenters. The number of aryl methyl sites for hydroxylation is 2. The van der Waals surface area contributed by atoms with Crippen molar-refractivity contribution in [2.75, 3.05) is 27.2 Å². The average Bonchev–Trinajstić information content (AvgIpc) is 2.28. The lowest BCUT2D eigenvalue weighted by Crippen LogP contribution is -2.33. The van der Waals surface area contributed by atoms with E-state index in [1.165, 1.54) is 16.7 Å². The largest absolute Gasteiger partial charge is 0.312 e. The number of nitrogens with one attached hydrogen (secondary N) is 1. The van der Waals surface area contributed by atoms with Gasteiger partial charge in [-0.3, -0.25) is 0 Å². The molecule has 1 atom stereocenters. The fourth-order valence-electron chi connectivity index (χ4n) is 2.49. The first-order valence-corrected chi connectivity index (χ1v) is 6.87. The van der Waals surface area contributed by atoms with Crippen molar-refractivity contribution in [2.45, 2.75) is 33.7 Å². The molecule has 0 aliphatic rings. The lowest BCUT2D eigenvalue weighted by atomic mass is 9.98.